The van der Waals surface area contributed by atoms with Crippen molar-refractivity contribution in [1.82, 2.24) is 0 Å². The minimum Gasteiger partial charge on any atom is -0.372 e. The molecule has 0 spiro atoms. The maximum Gasteiger partial charge on any atom is 0.0854 e. The highest BCUT2D eigenvalue weighted by atomic mass is 79.9. The number of likely N-dealkylation sites (N-methyl/N-ethyl adjacent to an activating group) is 1. The molecule has 3 nitrogen and oxygen atoms in total. The molecule has 13 heavy (non-hydrogen) atoms. The average molecular weight is 245 g/mol. The van der Waals surface area contributed by atoms with Crippen LogP contribution < -0.4 is 10.8 Å². The topological polar surface area (TPSA) is 38.5 Å². The van der Waals surface area contributed by atoms with Crippen LogP contribution in [0.4, 0.5) is 5.69 Å². The smallest absolute Gasteiger partial charge is 0.0854 e. The van der Waals surface area contributed by atoms with Gasteiger partial charge in [0.1, 0.15) is 0 Å². The molecule has 0 aliphatic heterocycles. The van der Waals surface area contributed by atoms with E-state index in [1.807, 2.05) is 31.3 Å². The molecule has 0 fully saturated rings. The molecule has 0 saturated carbocycles. The molecule has 72 valence electrons. The first kappa shape index (κ1) is 10.5. The van der Waals surface area contributed by atoms with Crippen molar-refractivity contribution < 1.29 is 4.84 Å². The summed E-state index contributed by atoms with van der Waals surface area (Å²) >= 11 is 3.38. The predicted molar refractivity (Wildman–Crippen MR) is 57.6 cm³/mol. The second kappa shape index (κ2) is 5.21. The van der Waals surface area contributed by atoms with E-state index in [0.717, 1.165) is 16.7 Å². The van der Waals surface area contributed by atoms with Crippen LogP contribution in [0.3, 0.4) is 0 Å². The molecular weight excluding hydrogens is 232 g/mol. The summed E-state index contributed by atoms with van der Waals surface area (Å²) in [5.41, 5.74) is 1.15. The summed E-state index contributed by atoms with van der Waals surface area (Å²) in [6.45, 7) is 1.32. The predicted octanol–water partition coefficient (Wildman–Crippen LogP) is 1.78. The molecule has 1 aromatic carbocycles. The van der Waals surface area contributed by atoms with Gasteiger partial charge in [0.2, 0.25) is 0 Å². The lowest BCUT2D eigenvalue weighted by molar-refractivity contribution is 0.145. The summed E-state index contributed by atoms with van der Waals surface area (Å²) in [6.07, 6.45) is 0. The molecule has 1 aromatic rings. The SMILES string of the molecule is CN(CCON)c1ccc(Br)cc1. The van der Waals surface area contributed by atoms with E-state index in [0.29, 0.717) is 6.61 Å². The van der Waals surface area contributed by atoms with Gasteiger partial charge in [-0.3, -0.25) is 0 Å². The quantitative estimate of drug-likeness (QED) is 0.821. The van der Waals surface area contributed by atoms with Crippen LogP contribution >= 0.6 is 15.9 Å². The Hall–Kier alpha value is -0.580. The number of hydrogen-bond donors (Lipinski definition) is 1. The van der Waals surface area contributed by atoms with Gasteiger partial charge in [-0.15, -0.1) is 0 Å². The van der Waals surface area contributed by atoms with E-state index in [1.54, 1.807) is 0 Å². The Labute approximate surface area is 86.6 Å². The molecule has 0 unspecified atom stereocenters. The summed E-state index contributed by atoms with van der Waals surface area (Å²) in [4.78, 5) is 6.59. The van der Waals surface area contributed by atoms with Crippen molar-refractivity contribution in [1.29, 1.82) is 0 Å². The lowest BCUT2D eigenvalue weighted by Crippen LogP contribution is -2.23. The summed E-state index contributed by atoms with van der Waals surface area (Å²) in [6, 6.07) is 8.10. The summed E-state index contributed by atoms with van der Waals surface area (Å²) < 4.78 is 1.08. The van der Waals surface area contributed by atoms with Crippen LogP contribution in [0.5, 0.6) is 0 Å². The third-order valence-corrected chi connectivity index (χ3v) is 2.34. The standard InChI is InChI=1S/C9H13BrN2O/c1-12(6-7-13-11)9-4-2-8(10)3-5-9/h2-5H,6-7,11H2,1H3. The third kappa shape index (κ3) is 3.34. The first-order chi connectivity index (χ1) is 6.24. The fraction of sp³-hybridized carbons (Fsp3) is 0.333. The highest BCUT2D eigenvalue weighted by molar-refractivity contribution is 9.10. The van der Waals surface area contributed by atoms with E-state index < -0.39 is 0 Å². The average Bonchev–Trinajstić information content (AvgIpc) is 2.15. The van der Waals surface area contributed by atoms with Crippen molar-refractivity contribution >= 4 is 21.6 Å². The molecule has 0 radical (unpaired) electrons. The number of halogens is 1. The molecule has 0 saturated heterocycles. The summed E-state index contributed by atoms with van der Waals surface area (Å²) in [5, 5.41) is 0. The number of hydrogen-bond acceptors (Lipinski definition) is 3. The number of rotatable bonds is 4. The third-order valence-electron chi connectivity index (χ3n) is 1.81. The normalized spacial score (nSPS) is 10.1. The molecule has 2 N–H and O–H groups in total. The molecule has 0 aromatic heterocycles. The minimum atomic E-state index is 0.534. The highest BCUT2D eigenvalue weighted by Gasteiger charge is 1.98. The van der Waals surface area contributed by atoms with E-state index in [9.17, 15) is 0 Å². The van der Waals surface area contributed by atoms with Crippen molar-refractivity contribution in [3.63, 3.8) is 0 Å². The zero-order valence-electron chi connectivity index (χ0n) is 7.53. The van der Waals surface area contributed by atoms with Crippen molar-refractivity contribution in [2.45, 2.75) is 0 Å². The summed E-state index contributed by atoms with van der Waals surface area (Å²) in [7, 11) is 2.00. The van der Waals surface area contributed by atoms with Gasteiger partial charge in [-0.2, -0.15) is 0 Å². The molecule has 0 bridgehead atoms. The minimum absolute atomic E-state index is 0.534. The first-order valence-electron chi connectivity index (χ1n) is 4.02. The largest absolute Gasteiger partial charge is 0.372 e. The van der Waals surface area contributed by atoms with Crippen molar-refractivity contribution in [2.75, 3.05) is 25.1 Å². The van der Waals surface area contributed by atoms with E-state index in [1.165, 1.54) is 0 Å². The molecule has 1 rings (SSSR count). The van der Waals surface area contributed by atoms with Crippen LogP contribution in [0.25, 0.3) is 0 Å². The molecule has 0 aliphatic carbocycles. The van der Waals surface area contributed by atoms with Crippen LogP contribution in [0.2, 0.25) is 0 Å². The van der Waals surface area contributed by atoms with Gasteiger partial charge >= 0.3 is 0 Å². The van der Waals surface area contributed by atoms with E-state index >= 15 is 0 Å². The molecule has 0 aliphatic rings. The lowest BCUT2D eigenvalue weighted by Gasteiger charge is -2.18. The molecule has 0 amide bonds. The maximum atomic E-state index is 4.94. The zero-order chi connectivity index (χ0) is 9.68. The Morgan fingerprint density at radius 3 is 2.54 bits per heavy atom. The van der Waals surface area contributed by atoms with Gasteiger partial charge in [0.05, 0.1) is 6.61 Å². The van der Waals surface area contributed by atoms with Gasteiger partial charge in [0.25, 0.3) is 0 Å². The first-order valence-corrected chi connectivity index (χ1v) is 4.81. The Kier molecular flexibility index (Phi) is 4.21. The second-order valence-electron chi connectivity index (χ2n) is 2.77. The second-order valence-corrected chi connectivity index (χ2v) is 3.68. The van der Waals surface area contributed by atoms with Gasteiger partial charge in [-0.25, -0.2) is 5.90 Å². The number of anilines is 1. The van der Waals surface area contributed by atoms with Crippen molar-refractivity contribution in [2.24, 2.45) is 5.90 Å². The zero-order valence-corrected chi connectivity index (χ0v) is 9.12. The van der Waals surface area contributed by atoms with Crippen LogP contribution in [0.1, 0.15) is 0 Å². The Morgan fingerprint density at radius 2 is 2.00 bits per heavy atom. The van der Waals surface area contributed by atoms with Crippen molar-refractivity contribution in [3.05, 3.63) is 28.7 Å². The van der Waals surface area contributed by atoms with E-state index in [4.69, 9.17) is 5.90 Å². The molecule has 0 atom stereocenters. The maximum absolute atomic E-state index is 4.94. The monoisotopic (exact) mass is 244 g/mol. The Bertz CT molecular complexity index is 250. The molecule has 0 heterocycles. The fourth-order valence-electron chi connectivity index (χ4n) is 1.01. The fourth-order valence-corrected chi connectivity index (χ4v) is 1.28. The van der Waals surface area contributed by atoms with Gasteiger partial charge in [0, 0.05) is 23.8 Å². The lowest BCUT2D eigenvalue weighted by atomic mass is 10.3. The Morgan fingerprint density at radius 1 is 1.38 bits per heavy atom. The highest BCUT2D eigenvalue weighted by Crippen LogP contribution is 2.16. The van der Waals surface area contributed by atoms with Gasteiger partial charge in [-0.1, -0.05) is 15.9 Å². The van der Waals surface area contributed by atoms with Gasteiger partial charge < -0.3 is 9.74 Å². The van der Waals surface area contributed by atoms with Crippen LogP contribution in [0.15, 0.2) is 28.7 Å². The van der Waals surface area contributed by atoms with E-state index in [-0.39, 0.29) is 0 Å². The van der Waals surface area contributed by atoms with Crippen LogP contribution in [0, 0.1) is 0 Å². The number of benzene rings is 1. The van der Waals surface area contributed by atoms with Gasteiger partial charge in [0.15, 0.2) is 0 Å². The Balaban J connectivity index is 2.55. The number of nitrogens with zero attached hydrogens (tertiary/aromatic N) is 1. The van der Waals surface area contributed by atoms with Gasteiger partial charge in [-0.05, 0) is 24.3 Å². The number of nitrogens with two attached hydrogens (primary N) is 1. The molecule has 4 heteroatoms. The summed E-state index contributed by atoms with van der Waals surface area (Å²) in [5.74, 6) is 4.94. The molecular formula is C9H13BrN2O. The van der Waals surface area contributed by atoms with E-state index in [2.05, 4.69) is 25.7 Å². The van der Waals surface area contributed by atoms with Crippen LogP contribution in [-0.2, 0) is 4.84 Å². The van der Waals surface area contributed by atoms with Crippen LogP contribution in [-0.4, -0.2) is 20.2 Å². The van der Waals surface area contributed by atoms with Crippen molar-refractivity contribution in [3.8, 4) is 0 Å².